The van der Waals surface area contributed by atoms with E-state index in [1.807, 2.05) is 6.08 Å². The number of phosphoric acid groups is 1. The van der Waals surface area contributed by atoms with Gasteiger partial charge in [-0.1, -0.05) is 238 Å². The number of allylic oxidation sites excluding steroid dienone is 1. The number of nitrogens with one attached hydrogen (secondary N) is 1. The van der Waals surface area contributed by atoms with Gasteiger partial charge in [-0.3, -0.25) is 13.8 Å². The lowest BCUT2D eigenvalue weighted by Crippen LogP contribution is -2.45. The van der Waals surface area contributed by atoms with E-state index in [1.165, 1.54) is 193 Å². The summed E-state index contributed by atoms with van der Waals surface area (Å²) < 4.78 is 22.2. The Hall–Kier alpha value is -0.760. The topological polar surface area (TPSA) is 131 Å². The first-order valence-electron chi connectivity index (χ1n) is 24.3. The van der Waals surface area contributed by atoms with Crippen molar-refractivity contribution in [1.29, 1.82) is 0 Å². The Morgan fingerprint density at radius 2 is 0.911 bits per heavy atom. The fraction of sp³-hybridized carbons (Fsp3) is 0.936. The van der Waals surface area contributed by atoms with Crippen molar-refractivity contribution >= 4 is 13.7 Å². The second kappa shape index (κ2) is 43.8. The summed E-state index contributed by atoms with van der Waals surface area (Å²) in [5.41, 5.74) is 5.39. The van der Waals surface area contributed by atoms with Crippen molar-refractivity contribution in [3.8, 4) is 0 Å². The van der Waals surface area contributed by atoms with E-state index in [0.717, 1.165) is 38.5 Å². The monoisotopic (exact) mass is 815 g/mol. The number of aliphatic hydroxyl groups excluding tert-OH is 1. The molecular formula is C47H95N2O6P. The second-order valence-corrected chi connectivity index (χ2v) is 18.1. The number of rotatable bonds is 46. The average Bonchev–Trinajstić information content (AvgIpc) is 3.19. The van der Waals surface area contributed by atoms with Crippen molar-refractivity contribution in [1.82, 2.24) is 5.32 Å². The Balaban J connectivity index is 4.09. The molecule has 0 saturated carbocycles. The molecule has 0 aliphatic carbocycles. The van der Waals surface area contributed by atoms with Crippen LogP contribution in [0.15, 0.2) is 12.2 Å². The van der Waals surface area contributed by atoms with Gasteiger partial charge in [-0.2, -0.15) is 0 Å². The molecule has 0 bridgehead atoms. The molecule has 9 heteroatoms. The molecule has 0 rings (SSSR count). The normalized spacial score (nSPS) is 14.0. The summed E-state index contributed by atoms with van der Waals surface area (Å²) in [6.45, 7) is 4.18. The highest BCUT2D eigenvalue weighted by Crippen LogP contribution is 2.43. The number of phosphoric ester groups is 1. The van der Waals surface area contributed by atoms with Crippen molar-refractivity contribution in [2.75, 3.05) is 19.8 Å². The molecule has 0 aliphatic rings. The maximum atomic E-state index is 12.8. The Morgan fingerprint density at radius 3 is 1.27 bits per heavy atom. The standard InChI is InChI=1S/C47H95N2O6P/c1-3-5-7-9-11-13-15-17-19-21-22-23-25-27-29-31-33-35-37-39-41-47(51)49-45(44-55-56(52,53)54-43-42-48)46(50)40-38-36-34-32-30-28-26-24-20-18-16-14-12-10-8-6-4-2/h38,40,45-46,50H,3-37,39,41-44,48H2,1-2H3,(H,49,51)(H,52,53)/b40-38+/t45-,46+/m0/s1. The van der Waals surface area contributed by atoms with Gasteiger partial charge in [0.05, 0.1) is 25.4 Å². The fourth-order valence-electron chi connectivity index (χ4n) is 7.43. The zero-order valence-electron chi connectivity index (χ0n) is 37.1. The molecule has 0 radical (unpaired) electrons. The Bertz CT molecular complexity index is 891. The molecule has 0 spiro atoms. The van der Waals surface area contributed by atoms with Crippen LogP contribution in [0.5, 0.6) is 0 Å². The molecule has 0 saturated heterocycles. The van der Waals surface area contributed by atoms with Crippen LogP contribution in [0.3, 0.4) is 0 Å². The summed E-state index contributed by atoms with van der Waals surface area (Å²) in [7, 11) is -4.34. The smallest absolute Gasteiger partial charge is 0.387 e. The number of carbonyl (C=O) groups is 1. The minimum Gasteiger partial charge on any atom is -0.387 e. The van der Waals surface area contributed by atoms with E-state index in [4.69, 9.17) is 14.8 Å². The van der Waals surface area contributed by atoms with Gasteiger partial charge in [0, 0.05) is 13.0 Å². The van der Waals surface area contributed by atoms with Crippen LogP contribution in [-0.2, 0) is 18.4 Å². The maximum Gasteiger partial charge on any atom is 0.472 e. The lowest BCUT2D eigenvalue weighted by Gasteiger charge is -2.23. The van der Waals surface area contributed by atoms with Crippen LogP contribution in [0.2, 0.25) is 0 Å². The molecule has 1 amide bonds. The predicted molar refractivity (Wildman–Crippen MR) is 240 cm³/mol. The Kier molecular flexibility index (Phi) is 43.2. The maximum absolute atomic E-state index is 12.8. The molecule has 1 unspecified atom stereocenters. The zero-order valence-corrected chi connectivity index (χ0v) is 38.0. The van der Waals surface area contributed by atoms with Crippen molar-refractivity contribution in [2.45, 2.75) is 264 Å². The van der Waals surface area contributed by atoms with Crippen LogP contribution in [0.25, 0.3) is 0 Å². The third kappa shape index (κ3) is 41.4. The molecule has 56 heavy (non-hydrogen) atoms. The molecule has 0 aliphatic heterocycles. The number of hydrogen-bond donors (Lipinski definition) is 4. The van der Waals surface area contributed by atoms with Crippen molar-refractivity contribution in [2.24, 2.45) is 5.73 Å². The van der Waals surface area contributed by atoms with Gasteiger partial charge in [0.15, 0.2) is 0 Å². The molecule has 0 aromatic heterocycles. The minimum absolute atomic E-state index is 0.0816. The van der Waals surface area contributed by atoms with E-state index in [9.17, 15) is 19.4 Å². The number of amides is 1. The van der Waals surface area contributed by atoms with Crippen molar-refractivity contribution < 1.29 is 28.4 Å². The van der Waals surface area contributed by atoms with Gasteiger partial charge in [0.1, 0.15) is 0 Å². The number of aliphatic hydroxyl groups is 1. The Labute approximate surface area is 347 Å². The molecule has 0 aromatic carbocycles. The van der Waals surface area contributed by atoms with E-state index in [1.54, 1.807) is 6.08 Å². The Morgan fingerprint density at radius 1 is 0.571 bits per heavy atom. The summed E-state index contributed by atoms with van der Waals surface area (Å²) >= 11 is 0. The van der Waals surface area contributed by atoms with Crippen LogP contribution in [-0.4, -0.2) is 47.8 Å². The van der Waals surface area contributed by atoms with E-state index >= 15 is 0 Å². The predicted octanol–water partition coefficient (Wildman–Crippen LogP) is 14.0. The van der Waals surface area contributed by atoms with Crippen LogP contribution < -0.4 is 11.1 Å². The van der Waals surface area contributed by atoms with Gasteiger partial charge < -0.3 is 21.1 Å². The third-order valence-electron chi connectivity index (χ3n) is 11.1. The van der Waals surface area contributed by atoms with Gasteiger partial charge in [0.25, 0.3) is 0 Å². The highest BCUT2D eigenvalue weighted by atomic mass is 31.2. The van der Waals surface area contributed by atoms with E-state index < -0.39 is 20.0 Å². The van der Waals surface area contributed by atoms with Gasteiger partial charge in [0.2, 0.25) is 5.91 Å². The number of nitrogens with two attached hydrogens (primary N) is 1. The first-order chi connectivity index (χ1) is 27.4. The molecular weight excluding hydrogens is 719 g/mol. The SMILES string of the molecule is CCCCCCCCCCCCCCCCC/C=C/[C@@H](O)[C@H](COP(=O)(O)OCCN)NC(=O)CCCCCCCCCCCCCCCCCCCCCC. The summed E-state index contributed by atoms with van der Waals surface area (Å²) in [5.74, 6) is -0.188. The van der Waals surface area contributed by atoms with Crippen LogP contribution in [0, 0.1) is 0 Å². The summed E-state index contributed by atoms with van der Waals surface area (Å²) in [6, 6.07) is -0.855. The highest BCUT2D eigenvalue weighted by molar-refractivity contribution is 7.47. The van der Waals surface area contributed by atoms with Gasteiger partial charge in [-0.25, -0.2) is 4.57 Å². The minimum atomic E-state index is -4.34. The van der Waals surface area contributed by atoms with Crippen LogP contribution in [0.1, 0.15) is 251 Å². The third-order valence-corrected chi connectivity index (χ3v) is 12.1. The highest BCUT2D eigenvalue weighted by Gasteiger charge is 2.26. The van der Waals surface area contributed by atoms with E-state index in [2.05, 4.69) is 19.2 Å². The lowest BCUT2D eigenvalue weighted by molar-refractivity contribution is -0.123. The summed E-state index contributed by atoms with van der Waals surface area (Å²) in [5, 5.41) is 13.7. The van der Waals surface area contributed by atoms with Crippen molar-refractivity contribution in [3.63, 3.8) is 0 Å². The molecule has 0 fully saturated rings. The number of carbonyl (C=O) groups excluding carboxylic acids is 1. The van der Waals surface area contributed by atoms with Crippen LogP contribution in [0.4, 0.5) is 0 Å². The first-order valence-corrected chi connectivity index (χ1v) is 25.8. The molecule has 0 heterocycles. The van der Waals surface area contributed by atoms with Gasteiger partial charge in [-0.05, 0) is 19.3 Å². The fourth-order valence-corrected chi connectivity index (χ4v) is 8.19. The van der Waals surface area contributed by atoms with Crippen molar-refractivity contribution in [3.05, 3.63) is 12.2 Å². The number of hydrogen-bond acceptors (Lipinski definition) is 6. The molecule has 334 valence electrons. The lowest BCUT2D eigenvalue weighted by atomic mass is 10.0. The molecule has 0 aromatic rings. The van der Waals surface area contributed by atoms with E-state index in [0.29, 0.717) is 6.42 Å². The van der Waals surface area contributed by atoms with Crippen LogP contribution >= 0.6 is 7.82 Å². The van der Waals surface area contributed by atoms with Gasteiger partial charge >= 0.3 is 7.82 Å². The number of unbranched alkanes of at least 4 members (excludes halogenated alkanes) is 34. The largest absolute Gasteiger partial charge is 0.472 e. The summed E-state index contributed by atoms with van der Waals surface area (Å²) in [4.78, 5) is 22.8. The molecule has 5 N–H and O–H groups in total. The molecule has 8 nitrogen and oxygen atoms in total. The first kappa shape index (κ1) is 55.2. The van der Waals surface area contributed by atoms with E-state index in [-0.39, 0.29) is 25.7 Å². The average molecular weight is 815 g/mol. The molecule has 3 atom stereocenters. The zero-order chi connectivity index (χ0) is 41.1. The quantitative estimate of drug-likeness (QED) is 0.0273. The summed E-state index contributed by atoms with van der Waals surface area (Å²) in [6.07, 6.45) is 49.8. The van der Waals surface area contributed by atoms with Gasteiger partial charge in [-0.15, -0.1) is 0 Å². The second-order valence-electron chi connectivity index (χ2n) is 16.7.